The van der Waals surface area contributed by atoms with Gasteiger partial charge in [0.25, 0.3) is 10.0 Å². The van der Waals surface area contributed by atoms with Crippen molar-refractivity contribution in [2.45, 2.75) is 11.5 Å². The van der Waals surface area contributed by atoms with Gasteiger partial charge in [-0.1, -0.05) is 30.3 Å². The van der Waals surface area contributed by atoms with E-state index in [2.05, 4.69) is 19.9 Å². The lowest BCUT2D eigenvalue weighted by Crippen LogP contribution is -2.14. The molecule has 9 heteroatoms. The van der Waals surface area contributed by atoms with Gasteiger partial charge in [-0.15, -0.1) is 10.2 Å². The van der Waals surface area contributed by atoms with Crippen LogP contribution in [0.4, 0.5) is 11.5 Å². The molecule has 0 aliphatic carbocycles. The first-order valence-corrected chi connectivity index (χ1v) is 11.8. The zero-order valence-corrected chi connectivity index (χ0v) is 19.1. The predicted molar refractivity (Wildman–Crippen MR) is 130 cm³/mol. The van der Waals surface area contributed by atoms with Crippen LogP contribution in [0.5, 0.6) is 11.6 Å². The molecule has 3 aromatic carbocycles. The summed E-state index contributed by atoms with van der Waals surface area (Å²) in [5, 5.41) is 7.52. The highest BCUT2D eigenvalue weighted by Crippen LogP contribution is 2.20. The van der Waals surface area contributed by atoms with Gasteiger partial charge in [0.05, 0.1) is 17.7 Å². The molecule has 0 aliphatic rings. The van der Waals surface area contributed by atoms with Crippen LogP contribution in [0.15, 0.2) is 101 Å². The summed E-state index contributed by atoms with van der Waals surface area (Å²) in [4.78, 5) is 4.50. The highest BCUT2D eigenvalue weighted by atomic mass is 32.2. The second-order valence-electron chi connectivity index (χ2n) is 7.16. The van der Waals surface area contributed by atoms with E-state index in [1.54, 1.807) is 18.3 Å². The highest BCUT2D eigenvalue weighted by molar-refractivity contribution is 7.92. The van der Waals surface area contributed by atoms with Gasteiger partial charge in [-0.05, 0) is 65.7 Å². The van der Waals surface area contributed by atoms with Crippen LogP contribution >= 0.6 is 0 Å². The summed E-state index contributed by atoms with van der Waals surface area (Å²) in [7, 11) is -2.35. The molecule has 0 bridgehead atoms. The van der Waals surface area contributed by atoms with Crippen molar-refractivity contribution >= 4 is 27.7 Å². The van der Waals surface area contributed by atoms with Crippen molar-refractivity contribution in [2.24, 2.45) is 4.99 Å². The fourth-order valence-electron chi connectivity index (χ4n) is 2.93. The fraction of sp³-hybridized carbons (Fsp3) is 0.0800. The number of benzene rings is 3. The lowest BCUT2D eigenvalue weighted by Gasteiger charge is -2.07. The summed E-state index contributed by atoms with van der Waals surface area (Å²) in [5.74, 6) is 1.16. The van der Waals surface area contributed by atoms with Crippen LogP contribution in [0.25, 0.3) is 0 Å². The van der Waals surface area contributed by atoms with Gasteiger partial charge in [0.2, 0.25) is 5.88 Å². The van der Waals surface area contributed by atoms with E-state index in [1.807, 2.05) is 54.6 Å². The van der Waals surface area contributed by atoms with Gasteiger partial charge in [0.15, 0.2) is 5.82 Å². The normalized spacial score (nSPS) is 11.3. The zero-order chi connectivity index (χ0) is 23.8. The van der Waals surface area contributed by atoms with Gasteiger partial charge in [0.1, 0.15) is 12.4 Å². The third-order valence-electron chi connectivity index (χ3n) is 4.73. The molecule has 4 aromatic rings. The van der Waals surface area contributed by atoms with E-state index in [-0.39, 0.29) is 10.7 Å². The van der Waals surface area contributed by atoms with E-state index in [4.69, 9.17) is 9.47 Å². The topological polar surface area (TPSA) is 103 Å². The first kappa shape index (κ1) is 22.9. The van der Waals surface area contributed by atoms with Gasteiger partial charge in [-0.3, -0.25) is 9.71 Å². The van der Waals surface area contributed by atoms with Gasteiger partial charge in [-0.2, -0.15) is 0 Å². The molecule has 0 radical (unpaired) electrons. The molecular weight excluding hydrogens is 452 g/mol. The summed E-state index contributed by atoms with van der Waals surface area (Å²) in [6.45, 7) is 0.503. The number of sulfonamides is 1. The fourth-order valence-corrected chi connectivity index (χ4v) is 3.93. The largest absolute Gasteiger partial charge is 0.489 e. The molecule has 1 heterocycles. The Bertz CT molecular complexity index is 1340. The van der Waals surface area contributed by atoms with Crippen LogP contribution in [0, 0.1) is 0 Å². The summed E-state index contributed by atoms with van der Waals surface area (Å²) in [6.07, 6.45) is 1.70. The molecule has 0 fully saturated rings. The predicted octanol–water partition coefficient (Wildman–Crippen LogP) is 4.62. The molecule has 1 N–H and O–H groups in total. The molecule has 34 heavy (non-hydrogen) atoms. The first-order chi connectivity index (χ1) is 16.5. The SMILES string of the molecule is COc1ccc(NS(=O)(=O)c2ccc(N=Cc3ccc(OCc4ccccc4)cc3)cc2)nn1. The summed E-state index contributed by atoms with van der Waals surface area (Å²) >= 11 is 0. The van der Waals surface area contributed by atoms with Gasteiger partial charge in [-0.25, -0.2) is 8.42 Å². The number of rotatable bonds is 9. The first-order valence-electron chi connectivity index (χ1n) is 10.3. The van der Waals surface area contributed by atoms with Crippen LogP contribution in [0.3, 0.4) is 0 Å². The molecule has 0 aliphatic heterocycles. The summed E-state index contributed by atoms with van der Waals surface area (Å²) < 4.78 is 38.2. The van der Waals surface area contributed by atoms with E-state index in [9.17, 15) is 8.42 Å². The van der Waals surface area contributed by atoms with Crippen molar-refractivity contribution in [1.82, 2.24) is 10.2 Å². The number of hydrogen-bond acceptors (Lipinski definition) is 7. The second kappa shape index (κ2) is 10.6. The molecule has 1 aromatic heterocycles. The minimum atomic E-state index is -3.81. The van der Waals surface area contributed by atoms with Crippen LogP contribution < -0.4 is 14.2 Å². The molecule has 0 saturated heterocycles. The number of nitrogens with zero attached hydrogens (tertiary/aromatic N) is 3. The number of nitrogens with one attached hydrogen (secondary N) is 1. The standard InChI is InChI=1S/C25H22N4O4S/c1-32-25-16-15-24(27-28-25)29-34(30,31)23-13-9-21(10-14-23)26-17-19-7-11-22(12-8-19)33-18-20-5-3-2-4-6-20/h2-17H,18H2,1H3,(H,27,29). The number of aliphatic imine (C=N–C) groups is 1. The minimum Gasteiger partial charge on any atom is -0.489 e. The van der Waals surface area contributed by atoms with Crippen molar-refractivity contribution in [3.05, 3.63) is 102 Å². The summed E-state index contributed by atoms with van der Waals surface area (Å²) in [5.41, 5.74) is 2.61. The Morgan fingerprint density at radius 3 is 2.26 bits per heavy atom. The van der Waals surface area contributed by atoms with Crippen LogP contribution in [-0.2, 0) is 16.6 Å². The number of hydrogen-bond donors (Lipinski definition) is 1. The Kier molecular flexibility index (Phi) is 7.14. The molecule has 0 spiro atoms. The number of methoxy groups -OCH3 is 1. The molecule has 172 valence electrons. The van der Waals surface area contributed by atoms with Crippen molar-refractivity contribution in [1.29, 1.82) is 0 Å². The molecule has 0 unspecified atom stereocenters. The van der Waals surface area contributed by atoms with E-state index in [0.717, 1.165) is 16.9 Å². The Hall–Kier alpha value is -4.24. The molecule has 0 saturated carbocycles. The van der Waals surface area contributed by atoms with Crippen molar-refractivity contribution < 1.29 is 17.9 Å². The third kappa shape index (κ3) is 6.17. The highest BCUT2D eigenvalue weighted by Gasteiger charge is 2.15. The van der Waals surface area contributed by atoms with Crippen LogP contribution in [0.2, 0.25) is 0 Å². The quantitative estimate of drug-likeness (QED) is 0.355. The van der Waals surface area contributed by atoms with E-state index >= 15 is 0 Å². The second-order valence-corrected chi connectivity index (χ2v) is 8.84. The Morgan fingerprint density at radius 1 is 0.882 bits per heavy atom. The van der Waals surface area contributed by atoms with Gasteiger partial charge >= 0.3 is 0 Å². The molecule has 0 amide bonds. The smallest absolute Gasteiger partial charge is 0.263 e. The van der Waals surface area contributed by atoms with Gasteiger partial charge < -0.3 is 9.47 Å². The van der Waals surface area contributed by atoms with Crippen molar-refractivity contribution in [2.75, 3.05) is 11.8 Å². The lowest BCUT2D eigenvalue weighted by atomic mass is 10.2. The molecule has 0 atom stereocenters. The average molecular weight is 475 g/mol. The number of anilines is 1. The Labute approximate surface area is 198 Å². The van der Waals surface area contributed by atoms with Gasteiger partial charge in [0, 0.05) is 12.3 Å². The van der Waals surface area contributed by atoms with E-state index < -0.39 is 10.0 Å². The molecule has 4 rings (SSSR count). The van der Waals surface area contributed by atoms with Crippen LogP contribution in [0.1, 0.15) is 11.1 Å². The average Bonchev–Trinajstić information content (AvgIpc) is 2.88. The number of ether oxygens (including phenoxy) is 2. The van der Waals surface area contributed by atoms with E-state index in [1.165, 1.54) is 31.4 Å². The van der Waals surface area contributed by atoms with Crippen molar-refractivity contribution in [3.8, 4) is 11.6 Å². The minimum absolute atomic E-state index is 0.0870. The third-order valence-corrected chi connectivity index (χ3v) is 6.10. The number of aromatic nitrogens is 2. The lowest BCUT2D eigenvalue weighted by molar-refractivity contribution is 0.306. The van der Waals surface area contributed by atoms with Crippen molar-refractivity contribution in [3.63, 3.8) is 0 Å². The molecular formula is C25H22N4O4S. The maximum atomic E-state index is 12.6. The van der Waals surface area contributed by atoms with E-state index in [0.29, 0.717) is 18.2 Å². The Balaban J connectivity index is 1.35. The summed E-state index contributed by atoms with van der Waals surface area (Å²) in [6, 6.07) is 26.7. The molecule has 8 nitrogen and oxygen atoms in total. The maximum Gasteiger partial charge on any atom is 0.263 e. The Morgan fingerprint density at radius 2 is 1.62 bits per heavy atom. The maximum absolute atomic E-state index is 12.6. The monoisotopic (exact) mass is 474 g/mol. The zero-order valence-electron chi connectivity index (χ0n) is 18.3. The van der Waals surface area contributed by atoms with Crippen LogP contribution in [-0.4, -0.2) is 31.9 Å².